The number of hydrazine groups is 1. The van der Waals surface area contributed by atoms with Crippen molar-refractivity contribution in [2.75, 3.05) is 25.0 Å². The number of nitrogens with zero attached hydrogens (tertiary/aromatic N) is 2. The van der Waals surface area contributed by atoms with Crippen LogP contribution in [0, 0.1) is 0 Å². The van der Waals surface area contributed by atoms with Gasteiger partial charge >= 0.3 is 0 Å². The van der Waals surface area contributed by atoms with Gasteiger partial charge in [0.1, 0.15) is 5.00 Å². The van der Waals surface area contributed by atoms with Crippen LogP contribution in [0.1, 0.15) is 71.7 Å². The zero-order valence-electron chi connectivity index (χ0n) is 21.9. The number of carbonyl (C=O) groups excluding carboxylic acids is 4. The number of anilines is 1. The van der Waals surface area contributed by atoms with Gasteiger partial charge in [-0.25, -0.2) is 8.42 Å². The van der Waals surface area contributed by atoms with E-state index < -0.39 is 27.7 Å². The molecule has 0 fully saturated rings. The average molecular weight is 564 g/mol. The molecule has 1 aromatic carbocycles. The number of benzene rings is 1. The number of sulfonamides is 1. The topological polar surface area (TPSA) is 145 Å². The molecule has 0 unspecified atom stereocenters. The first-order valence-electron chi connectivity index (χ1n) is 12.4. The smallest absolute Gasteiger partial charge is 0.272 e. The highest BCUT2D eigenvalue weighted by Crippen LogP contribution is 2.37. The lowest BCUT2D eigenvalue weighted by Crippen LogP contribution is -2.41. The lowest BCUT2D eigenvalue weighted by atomic mass is 10.0. The lowest BCUT2D eigenvalue weighted by Gasteiger charge is -2.26. The molecule has 11 nitrogen and oxygen atoms in total. The molecule has 3 rings (SSSR count). The van der Waals surface area contributed by atoms with Crippen LogP contribution in [0.15, 0.2) is 29.2 Å². The molecule has 0 aliphatic carbocycles. The van der Waals surface area contributed by atoms with Crippen molar-refractivity contribution in [3.8, 4) is 0 Å². The first-order chi connectivity index (χ1) is 18.0. The van der Waals surface area contributed by atoms with Crippen molar-refractivity contribution in [3.63, 3.8) is 0 Å². The van der Waals surface area contributed by atoms with E-state index in [1.165, 1.54) is 53.8 Å². The Morgan fingerprint density at radius 3 is 2.16 bits per heavy atom. The van der Waals surface area contributed by atoms with E-state index in [1.807, 2.05) is 13.8 Å². The zero-order valence-corrected chi connectivity index (χ0v) is 23.6. The van der Waals surface area contributed by atoms with Gasteiger partial charge in [0.2, 0.25) is 21.8 Å². The third kappa shape index (κ3) is 6.58. The quantitative estimate of drug-likeness (QED) is 0.400. The Balaban J connectivity index is 1.87. The Kier molecular flexibility index (Phi) is 9.63. The van der Waals surface area contributed by atoms with Gasteiger partial charge in [-0.05, 0) is 49.1 Å². The van der Waals surface area contributed by atoms with E-state index in [-0.39, 0.29) is 26.9 Å². The van der Waals surface area contributed by atoms with Crippen LogP contribution < -0.4 is 16.2 Å². The van der Waals surface area contributed by atoms with Crippen LogP contribution in [0.3, 0.4) is 0 Å². The molecule has 4 amide bonds. The SMILES string of the molecule is CCCN(CCC)S(=O)(=O)c1ccc(C(=O)Nc2sc3c(c2C(=O)NNC(C)=O)CCN(C(C)=O)C3)cc1. The highest BCUT2D eigenvalue weighted by Gasteiger charge is 2.30. The third-order valence-corrected chi connectivity index (χ3v) is 9.05. The van der Waals surface area contributed by atoms with E-state index in [0.717, 1.165) is 4.88 Å². The van der Waals surface area contributed by atoms with Gasteiger partial charge in [-0.15, -0.1) is 11.3 Å². The zero-order chi connectivity index (χ0) is 28.0. The van der Waals surface area contributed by atoms with Gasteiger partial charge in [-0.2, -0.15) is 4.31 Å². The normalized spacial score (nSPS) is 13.1. The van der Waals surface area contributed by atoms with Crippen LogP contribution in [0.4, 0.5) is 5.00 Å². The van der Waals surface area contributed by atoms with Crippen molar-refractivity contribution in [1.82, 2.24) is 20.1 Å². The molecule has 0 saturated carbocycles. The van der Waals surface area contributed by atoms with E-state index in [9.17, 15) is 27.6 Å². The Labute approximate surface area is 226 Å². The summed E-state index contributed by atoms with van der Waals surface area (Å²) in [7, 11) is -3.69. The Morgan fingerprint density at radius 1 is 0.974 bits per heavy atom. The number of nitrogens with one attached hydrogen (secondary N) is 3. The maximum Gasteiger partial charge on any atom is 0.272 e. The van der Waals surface area contributed by atoms with E-state index in [4.69, 9.17) is 0 Å². The predicted molar refractivity (Wildman–Crippen MR) is 144 cm³/mol. The molecular weight excluding hydrogens is 530 g/mol. The van der Waals surface area contributed by atoms with Crippen LogP contribution >= 0.6 is 11.3 Å². The van der Waals surface area contributed by atoms with E-state index in [1.54, 1.807) is 4.90 Å². The third-order valence-electron chi connectivity index (χ3n) is 6.01. The molecule has 0 spiro atoms. The molecule has 2 heterocycles. The monoisotopic (exact) mass is 563 g/mol. The van der Waals surface area contributed by atoms with E-state index >= 15 is 0 Å². The fourth-order valence-corrected chi connectivity index (χ4v) is 7.04. The van der Waals surface area contributed by atoms with Crippen molar-refractivity contribution in [3.05, 3.63) is 45.8 Å². The summed E-state index contributed by atoms with van der Waals surface area (Å²) in [6.07, 6.45) is 1.79. The molecule has 1 aliphatic heterocycles. The van der Waals surface area contributed by atoms with Gasteiger partial charge in [0.05, 0.1) is 17.0 Å². The summed E-state index contributed by atoms with van der Waals surface area (Å²) >= 11 is 1.19. The van der Waals surface area contributed by atoms with Crippen LogP contribution in [-0.2, 0) is 32.6 Å². The Morgan fingerprint density at radius 2 is 1.61 bits per heavy atom. The number of carbonyl (C=O) groups is 4. The fourth-order valence-electron chi connectivity index (χ4n) is 4.16. The largest absolute Gasteiger partial charge is 0.337 e. The highest BCUT2D eigenvalue weighted by atomic mass is 32.2. The summed E-state index contributed by atoms with van der Waals surface area (Å²) in [6, 6.07) is 5.66. The van der Waals surface area contributed by atoms with E-state index in [0.29, 0.717) is 51.0 Å². The van der Waals surface area contributed by atoms with Crippen LogP contribution in [0.5, 0.6) is 0 Å². The standard InChI is InChI=1S/C25H33N5O6S2/c1-5-12-30(13-6-2)38(35,36)19-9-7-18(8-10-19)23(33)26-25-22(24(34)28-27-16(3)31)20-11-14-29(17(4)32)15-21(20)37-25/h7-10H,5-6,11-15H2,1-4H3,(H,26,33)(H,27,31)(H,28,34). The summed E-state index contributed by atoms with van der Waals surface area (Å²) in [5, 5.41) is 3.04. The number of thiophene rings is 1. The van der Waals surface area contributed by atoms with Crippen molar-refractivity contribution < 1.29 is 27.6 Å². The number of hydrogen-bond acceptors (Lipinski definition) is 7. The average Bonchev–Trinajstić information content (AvgIpc) is 3.24. The molecule has 0 bridgehead atoms. The second-order valence-corrected chi connectivity index (χ2v) is 12.0. The molecule has 1 aliphatic rings. The van der Waals surface area contributed by atoms with Crippen molar-refractivity contribution in [2.45, 2.75) is 58.4 Å². The molecule has 0 saturated heterocycles. The fraction of sp³-hybridized carbons (Fsp3) is 0.440. The summed E-state index contributed by atoms with van der Waals surface area (Å²) in [5.41, 5.74) is 5.75. The van der Waals surface area contributed by atoms with Gasteiger partial charge in [-0.3, -0.25) is 30.0 Å². The summed E-state index contributed by atoms with van der Waals surface area (Å²) < 4.78 is 27.5. The van der Waals surface area contributed by atoms with Crippen molar-refractivity contribution >= 4 is 50.0 Å². The Hall–Kier alpha value is -3.29. The van der Waals surface area contributed by atoms with Crippen LogP contribution in [0.25, 0.3) is 0 Å². The van der Waals surface area contributed by atoms with Crippen molar-refractivity contribution in [1.29, 1.82) is 0 Å². The van der Waals surface area contributed by atoms with Gasteiger partial charge in [0.25, 0.3) is 11.8 Å². The summed E-state index contributed by atoms with van der Waals surface area (Å²) in [5.74, 6) is -1.66. The van der Waals surface area contributed by atoms with Crippen molar-refractivity contribution in [2.24, 2.45) is 0 Å². The molecule has 206 valence electrons. The number of rotatable bonds is 9. The van der Waals surface area contributed by atoms with Gasteiger partial charge in [0.15, 0.2) is 0 Å². The molecule has 0 radical (unpaired) electrons. The minimum absolute atomic E-state index is 0.0923. The minimum atomic E-state index is -3.69. The van der Waals surface area contributed by atoms with Crippen LogP contribution in [0.2, 0.25) is 0 Å². The maximum absolute atomic E-state index is 13.1. The predicted octanol–water partition coefficient (Wildman–Crippen LogP) is 2.50. The Bertz CT molecular complexity index is 1310. The second-order valence-electron chi connectivity index (χ2n) is 8.92. The first kappa shape index (κ1) is 29.3. The first-order valence-corrected chi connectivity index (χ1v) is 14.6. The highest BCUT2D eigenvalue weighted by molar-refractivity contribution is 7.89. The van der Waals surface area contributed by atoms with E-state index in [2.05, 4.69) is 16.2 Å². The lowest BCUT2D eigenvalue weighted by molar-refractivity contribution is -0.129. The van der Waals surface area contributed by atoms with Crippen LogP contribution in [-0.4, -0.2) is 60.9 Å². The molecular formula is C25H33N5O6S2. The summed E-state index contributed by atoms with van der Waals surface area (Å²) in [6.45, 7) is 8.11. The maximum atomic E-state index is 13.1. The van der Waals surface area contributed by atoms with Gasteiger partial charge in [-0.1, -0.05) is 13.8 Å². The summed E-state index contributed by atoms with van der Waals surface area (Å²) in [4.78, 5) is 51.7. The molecule has 3 N–H and O–H groups in total. The minimum Gasteiger partial charge on any atom is -0.337 e. The molecule has 2 aromatic rings. The molecule has 13 heteroatoms. The molecule has 1 aromatic heterocycles. The molecule has 38 heavy (non-hydrogen) atoms. The van der Waals surface area contributed by atoms with Gasteiger partial charge < -0.3 is 10.2 Å². The second kappa shape index (κ2) is 12.5. The number of amides is 4. The number of fused-ring (bicyclic) bond motifs is 1. The number of hydrogen-bond donors (Lipinski definition) is 3. The van der Waals surface area contributed by atoms with Gasteiger partial charge in [0, 0.05) is 43.9 Å². The molecule has 0 atom stereocenters.